The van der Waals surface area contributed by atoms with Gasteiger partial charge in [-0.05, 0) is 37.1 Å². The highest BCUT2D eigenvalue weighted by Crippen LogP contribution is 2.24. The van der Waals surface area contributed by atoms with Crippen LogP contribution >= 0.6 is 0 Å². The lowest BCUT2D eigenvalue weighted by atomic mass is 10.0. The summed E-state index contributed by atoms with van der Waals surface area (Å²) in [5, 5.41) is 5.73. The maximum atomic E-state index is 12.3. The maximum absolute atomic E-state index is 12.3. The molecule has 140 valence electrons. The van der Waals surface area contributed by atoms with E-state index in [4.69, 9.17) is 4.99 Å². The van der Waals surface area contributed by atoms with Crippen molar-refractivity contribution < 1.29 is 8.42 Å². The van der Waals surface area contributed by atoms with E-state index in [-0.39, 0.29) is 5.75 Å². The zero-order valence-corrected chi connectivity index (χ0v) is 16.5. The van der Waals surface area contributed by atoms with Crippen LogP contribution in [0.15, 0.2) is 47.5 Å². The number of benzene rings is 2. The van der Waals surface area contributed by atoms with Gasteiger partial charge in [-0.1, -0.05) is 42.5 Å². The van der Waals surface area contributed by atoms with Gasteiger partial charge in [0.05, 0.1) is 17.0 Å². The van der Waals surface area contributed by atoms with Crippen molar-refractivity contribution in [2.45, 2.75) is 32.1 Å². The number of aliphatic imine (C=N–C) groups is 1. The van der Waals surface area contributed by atoms with E-state index in [0.29, 0.717) is 19.6 Å². The highest BCUT2D eigenvalue weighted by atomic mass is 32.2. The van der Waals surface area contributed by atoms with Gasteiger partial charge in [0, 0.05) is 19.6 Å². The molecule has 0 radical (unpaired) electrons. The molecule has 0 spiro atoms. The average Bonchev–Trinajstić information content (AvgIpc) is 2.61. The monoisotopic (exact) mass is 373 g/mol. The Morgan fingerprint density at radius 1 is 1.19 bits per heavy atom. The largest absolute Gasteiger partial charge is 0.357 e. The van der Waals surface area contributed by atoms with Crippen molar-refractivity contribution in [1.29, 1.82) is 0 Å². The van der Waals surface area contributed by atoms with Crippen molar-refractivity contribution in [3.63, 3.8) is 0 Å². The smallest absolute Gasteiger partial charge is 0.194 e. The molecule has 1 aliphatic rings. The number of nitrogens with zero attached hydrogens (tertiary/aromatic N) is 2. The van der Waals surface area contributed by atoms with Crippen molar-refractivity contribution in [3.05, 3.63) is 48.0 Å². The molecule has 0 unspecified atom stereocenters. The maximum Gasteiger partial charge on any atom is 0.194 e. The van der Waals surface area contributed by atoms with Crippen molar-refractivity contribution in [2.24, 2.45) is 4.99 Å². The Balaban J connectivity index is 1.86. The molecule has 0 saturated carbocycles. The molecule has 1 heterocycles. The lowest BCUT2D eigenvalue weighted by molar-refractivity contribution is 0.353. The average molecular weight is 374 g/mol. The van der Waals surface area contributed by atoms with Gasteiger partial charge in [0.25, 0.3) is 0 Å². The molecular formula is C20H27N3O2S. The van der Waals surface area contributed by atoms with Crippen LogP contribution in [0.5, 0.6) is 0 Å². The Kier molecular flexibility index (Phi) is 5.23. The van der Waals surface area contributed by atoms with Crippen LogP contribution in [0.1, 0.15) is 26.3 Å². The molecule has 0 atom stereocenters. The lowest BCUT2D eigenvalue weighted by Gasteiger charge is -2.39. The molecule has 0 amide bonds. The summed E-state index contributed by atoms with van der Waals surface area (Å²) >= 11 is 0. The van der Waals surface area contributed by atoms with Crippen LogP contribution in [0.2, 0.25) is 0 Å². The van der Waals surface area contributed by atoms with Crippen LogP contribution in [0.3, 0.4) is 0 Å². The fraction of sp³-hybridized carbons (Fsp3) is 0.450. The number of rotatable bonds is 3. The highest BCUT2D eigenvalue weighted by Gasteiger charge is 2.40. The molecule has 1 aliphatic heterocycles. The van der Waals surface area contributed by atoms with Gasteiger partial charge >= 0.3 is 0 Å². The van der Waals surface area contributed by atoms with E-state index in [1.165, 1.54) is 16.3 Å². The van der Waals surface area contributed by atoms with Gasteiger partial charge in [0.1, 0.15) is 0 Å². The third-order valence-corrected chi connectivity index (χ3v) is 7.49. The summed E-state index contributed by atoms with van der Waals surface area (Å²) < 4.78 is 23.8. The predicted octanol–water partition coefficient (Wildman–Crippen LogP) is 2.81. The standard InChI is InChI=1S/C20H27N3O2S/c1-4-21-19(23-12-13-26(24,25)20(2,3)15-23)22-14-17-10-7-9-16-8-5-6-11-18(16)17/h5-11H,4,12-15H2,1-3H3,(H,21,22). The summed E-state index contributed by atoms with van der Waals surface area (Å²) in [5.41, 5.74) is 1.17. The van der Waals surface area contributed by atoms with E-state index in [1.807, 2.05) is 19.1 Å². The number of hydrogen-bond donors (Lipinski definition) is 1. The molecule has 1 N–H and O–H groups in total. The normalized spacial score (nSPS) is 19.5. The molecular weight excluding hydrogens is 346 g/mol. The molecule has 2 aromatic rings. The SMILES string of the molecule is CCNC(=NCc1cccc2ccccc12)N1CCS(=O)(=O)C(C)(C)C1. The number of guanidine groups is 1. The Morgan fingerprint density at radius 3 is 2.65 bits per heavy atom. The third kappa shape index (κ3) is 3.70. The Morgan fingerprint density at radius 2 is 1.92 bits per heavy atom. The summed E-state index contributed by atoms with van der Waals surface area (Å²) in [6.45, 7) is 7.86. The van der Waals surface area contributed by atoms with Gasteiger partial charge in [-0.25, -0.2) is 13.4 Å². The van der Waals surface area contributed by atoms with Crippen LogP contribution in [-0.4, -0.2) is 49.4 Å². The molecule has 5 nitrogen and oxygen atoms in total. The summed E-state index contributed by atoms with van der Waals surface area (Å²) in [4.78, 5) is 6.87. The van der Waals surface area contributed by atoms with Crippen LogP contribution in [-0.2, 0) is 16.4 Å². The molecule has 0 aliphatic carbocycles. The molecule has 26 heavy (non-hydrogen) atoms. The summed E-state index contributed by atoms with van der Waals surface area (Å²) in [6.07, 6.45) is 0. The first kappa shape index (κ1) is 18.7. The number of nitrogens with one attached hydrogen (secondary N) is 1. The van der Waals surface area contributed by atoms with E-state index in [9.17, 15) is 8.42 Å². The number of sulfone groups is 1. The van der Waals surface area contributed by atoms with Crippen LogP contribution in [0.4, 0.5) is 0 Å². The van der Waals surface area contributed by atoms with E-state index < -0.39 is 14.6 Å². The number of fused-ring (bicyclic) bond motifs is 1. The Hall–Kier alpha value is -2.08. The van der Waals surface area contributed by atoms with E-state index in [1.54, 1.807) is 13.8 Å². The van der Waals surface area contributed by atoms with E-state index in [2.05, 4.69) is 40.5 Å². The van der Waals surface area contributed by atoms with Gasteiger partial charge in [-0.2, -0.15) is 0 Å². The predicted molar refractivity (Wildman–Crippen MR) is 108 cm³/mol. The zero-order chi connectivity index (χ0) is 18.8. The first-order valence-electron chi connectivity index (χ1n) is 9.06. The molecule has 0 bridgehead atoms. The second-order valence-electron chi connectivity index (χ2n) is 7.31. The highest BCUT2D eigenvalue weighted by molar-refractivity contribution is 7.92. The molecule has 0 aromatic heterocycles. The van der Waals surface area contributed by atoms with Gasteiger partial charge in [0.15, 0.2) is 15.8 Å². The molecule has 1 saturated heterocycles. The van der Waals surface area contributed by atoms with Gasteiger partial charge in [0.2, 0.25) is 0 Å². The van der Waals surface area contributed by atoms with Gasteiger partial charge in [-0.3, -0.25) is 0 Å². The van der Waals surface area contributed by atoms with Crippen LogP contribution in [0, 0.1) is 0 Å². The number of hydrogen-bond acceptors (Lipinski definition) is 3. The van der Waals surface area contributed by atoms with Crippen molar-refractivity contribution >= 4 is 26.6 Å². The van der Waals surface area contributed by atoms with Gasteiger partial charge < -0.3 is 10.2 Å². The molecule has 6 heteroatoms. The Bertz CT molecular complexity index is 914. The molecule has 1 fully saturated rings. The summed E-state index contributed by atoms with van der Waals surface area (Å²) in [7, 11) is -3.06. The quantitative estimate of drug-likeness (QED) is 0.664. The fourth-order valence-corrected chi connectivity index (χ4v) is 4.71. The summed E-state index contributed by atoms with van der Waals surface area (Å²) in [6, 6.07) is 14.5. The second-order valence-corrected chi connectivity index (χ2v) is 10.1. The minimum atomic E-state index is -3.06. The van der Waals surface area contributed by atoms with Crippen LogP contribution in [0.25, 0.3) is 10.8 Å². The minimum Gasteiger partial charge on any atom is -0.357 e. The lowest BCUT2D eigenvalue weighted by Crippen LogP contribution is -2.57. The van der Waals surface area contributed by atoms with E-state index in [0.717, 1.165) is 12.5 Å². The van der Waals surface area contributed by atoms with Crippen LogP contribution < -0.4 is 5.32 Å². The Labute approximate surface area is 156 Å². The minimum absolute atomic E-state index is 0.165. The first-order chi connectivity index (χ1) is 12.3. The zero-order valence-electron chi connectivity index (χ0n) is 15.7. The van der Waals surface area contributed by atoms with Crippen molar-refractivity contribution in [2.75, 3.05) is 25.4 Å². The third-order valence-electron chi connectivity index (χ3n) is 4.96. The second kappa shape index (κ2) is 7.27. The fourth-order valence-electron chi connectivity index (χ4n) is 3.34. The van der Waals surface area contributed by atoms with Crippen molar-refractivity contribution in [1.82, 2.24) is 10.2 Å². The first-order valence-corrected chi connectivity index (χ1v) is 10.7. The van der Waals surface area contributed by atoms with E-state index >= 15 is 0 Å². The summed E-state index contributed by atoms with van der Waals surface area (Å²) in [5.74, 6) is 0.946. The van der Waals surface area contributed by atoms with Crippen molar-refractivity contribution in [3.8, 4) is 0 Å². The topological polar surface area (TPSA) is 61.8 Å². The molecule has 2 aromatic carbocycles. The van der Waals surface area contributed by atoms with Gasteiger partial charge in [-0.15, -0.1) is 0 Å². The molecule has 3 rings (SSSR count).